The normalized spacial score (nSPS) is 14.2. The molecule has 0 unspecified atom stereocenters. The maximum absolute atomic E-state index is 12.7. The molecule has 0 bridgehead atoms. The summed E-state index contributed by atoms with van der Waals surface area (Å²) in [4.78, 5) is 14.9. The fourth-order valence-corrected chi connectivity index (χ4v) is 4.25. The summed E-state index contributed by atoms with van der Waals surface area (Å²) in [6.07, 6.45) is 0. The Kier molecular flexibility index (Phi) is 6.27. The van der Waals surface area contributed by atoms with Crippen molar-refractivity contribution in [3.05, 3.63) is 60.2 Å². The summed E-state index contributed by atoms with van der Waals surface area (Å²) >= 11 is 1.44. The van der Waals surface area contributed by atoms with Gasteiger partial charge in [0.2, 0.25) is 5.95 Å². The second kappa shape index (κ2) is 9.24. The Balaban J connectivity index is 1.41. The molecule has 0 N–H and O–H groups in total. The van der Waals surface area contributed by atoms with Gasteiger partial charge < -0.3 is 9.64 Å². The average molecular weight is 409 g/mol. The molecule has 0 radical (unpaired) electrons. The fraction of sp³-hybridized carbons (Fsp3) is 0.318. The first-order valence-corrected chi connectivity index (χ1v) is 10.8. The van der Waals surface area contributed by atoms with Crippen molar-refractivity contribution in [2.45, 2.75) is 18.6 Å². The Labute approximate surface area is 174 Å². The third-order valence-corrected chi connectivity index (χ3v) is 5.92. The van der Waals surface area contributed by atoms with Crippen molar-refractivity contribution in [1.82, 2.24) is 14.8 Å². The topological polar surface area (TPSA) is 60.2 Å². The van der Waals surface area contributed by atoms with Gasteiger partial charge in [-0.15, -0.1) is 10.2 Å². The first-order valence-electron chi connectivity index (χ1n) is 9.83. The van der Waals surface area contributed by atoms with Crippen LogP contribution in [0.15, 0.2) is 59.8 Å². The van der Waals surface area contributed by atoms with E-state index in [4.69, 9.17) is 4.74 Å². The van der Waals surface area contributed by atoms with Gasteiger partial charge in [0.05, 0.1) is 19.0 Å². The van der Waals surface area contributed by atoms with E-state index in [2.05, 4.69) is 38.7 Å². The number of benzene rings is 2. The molecule has 0 saturated carbocycles. The SMILES string of the molecule is CCn1c(SCC(=O)c2ccc(-c3ccccc3)cc2)nnc1N1CCOCC1. The second-order valence-electron chi connectivity index (χ2n) is 6.78. The van der Waals surface area contributed by atoms with Crippen molar-refractivity contribution in [1.29, 1.82) is 0 Å². The molecule has 0 amide bonds. The van der Waals surface area contributed by atoms with Crippen LogP contribution in [0.25, 0.3) is 11.1 Å². The van der Waals surface area contributed by atoms with Crippen LogP contribution in [0.2, 0.25) is 0 Å². The van der Waals surface area contributed by atoms with Crippen LogP contribution in [0.5, 0.6) is 0 Å². The van der Waals surface area contributed by atoms with E-state index < -0.39 is 0 Å². The number of ketones is 1. The highest BCUT2D eigenvalue weighted by Crippen LogP contribution is 2.24. The lowest BCUT2D eigenvalue weighted by atomic mass is 10.0. The molecular weight excluding hydrogens is 384 g/mol. The van der Waals surface area contributed by atoms with Gasteiger partial charge in [0, 0.05) is 25.2 Å². The molecule has 2 heterocycles. The largest absolute Gasteiger partial charge is 0.378 e. The third-order valence-electron chi connectivity index (χ3n) is 4.95. The number of anilines is 1. The summed E-state index contributed by atoms with van der Waals surface area (Å²) in [7, 11) is 0. The minimum absolute atomic E-state index is 0.0909. The minimum Gasteiger partial charge on any atom is -0.378 e. The van der Waals surface area contributed by atoms with Crippen LogP contribution < -0.4 is 4.90 Å². The molecule has 4 rings (SSSR count). The molecule has 3 aromatic rings. The van der Waals surface area contributed by atoms with Crippen molar-refractivity contribution in [2.75, 3.05) is 37.0 Å². The highest BCUT2D eigenvalue weighted by molar-refractivity contribution is 7.99. The van der Waals surface area contributed by atoms with Crippen molar-refractivity contribution in [2.24, 2.45) is 0 Å². The Morgan fingerprint density at radius 1 is 1.00 bits per heavy atom. The standard InChI is InChI=1S/C22H24N4O2S/c1-2-26-21(25-12-14-28-15-13-25)23-24-22(26)29-16-20(27)19-10-8-18(9-11-19)17-6-4-3-5-7-17/h3-11H,2,12-16H2,1H3. The zero-order valence-corrected chi connectivity index (χ0v) is 17.3. The molecule has 0 spiro atoms. The lowest BCUT2D eigenvalue weighted by Crippen LogP contribution is -2.38. The Morgan fingerprint density at radius 2 is 1.69 bits per heavy atom. The molecule has 29 heavy (non-hydrogen) atoms. The summed E-state index contributed by atoms with van der Waals surface area (Å²) < 4.78 is 7.49. The number of morpholine rings is 1. The molecule has 7 heteroatoms. The summed E-state index contributed by atoms with van der Waals surface area (Å²) in [6, 6.07) is 17.9. The smallest absolute Gasteiger partial charge is 0.228 e. The average Bonchev–Trinajstić information content (AvgIpc) is 3.21. The van der Waals surface area contributed by atoms with Crippen molar-refractivity contribution in [3.63, 3.8) is 0 Å². The number of Topliss-reactive ketones (excluding diaryl/α,β-unsaturated/α-hetero) is 1. The van der Waals surface area contributed by atoms with Gasteiger partial charge in [-0.2, -0.15) is 0 Å². The molecule has 1 aromatic heterocycles. The Bertz CT molecular complexity index is 951. The molecule has 6 nitrogen and oxygen atoms in total. The van der Waals surface area contributed by atoms with Crippen molar-refractivity contribution >= 4 is 23.5 Å². The van der Waals surface area contributed by atoms with Gasteiger partial charge in [-0.05, 0) is 18.1 Å². The monoisotopic (exact) mass is 408 g/mol. The van der Waals surface area contributed by atoms with Gasteiger partial charge >= 0.3 is 0 Å². The number of carbonyl (C=O) groups is 1. The molecule has 0 aliphatic carbocycles. The zero-order valence-electron chi connectivity index (χ0n) is 16.5. The van der Waals surface area contributed by atoms with E-state index in [0.29, 0.717) is 24.5 Å². The van der Waals surface area contributed by atoms with Gasteiger partial charge in [-0.1, -0.05) is 66.4 Å². The Morgan fingerprint density at radius 3 is 2.38 bits per heavy atom. The van der Waals surface area contributed by atoms with Crippen LogP contribution >= 0.6 is 11.8 Å². The number of thioether (sulfide) groups is 1. The van der Waals surface area contributed by atoms with Gasteiger partial charge in [-0.25, -0.2) is 0 Å². The molecule has 0 atom stereocenters. The first kappa shape index (κ1) is 19.7. The number of aromatic nitrogens is 3. The number of hydrogen-bond acceptors (Lipinski definition) is 6. The lowest BCUT2D eigenvalue weighted by Gasteiger charge is -2.27. The summed E-state index contributed by atoms with van der Waals surface area (Å²) in [5.41, 5.74) is 2.97. The van der Waals surface area contributed by atoms with E-state index in [9.17, 15) is 4.79 Å². The summed E-state index contributed by atoms with van der Waals surface area (Å²) in [6.45, 7) is 5.88. The van der Waals surface area contributed by atoms with E-state index in [1.165, 1.54) is 11.8 Å². The predicted octanol–water partition coefficient (Wildman–Crippen LogP) is 3.78. The third kappa shape index (κ3) is 4.52. The molecule has 1 fully saturated rings. The highest BCUT2D eigenvalue weighted by Gasteiger charge is 2.20. The molecule has 2 aromatic carbocycles. The summed E-state index contributed by atoms with van der Waals surface area (Å²) in [5.74, 6) is 1.29. The van der Waals surface area contributed by atoms with Crippen LogP contribution in [0.4, 0.5) is 5.95 Å². The second-order valence-corrected chi connectivity index (χ2v) is 7.72. The number of ether oxygens (including phenoxy) is 1. The lowest BCUT2D eigenvalue weighted by molar-refractivity contribution is 0.102. The van der Waals surface area contributed by atoms with E-state index in [1.807, 2.05) is 42.5 Å². The van der Waals surface area contributed by atoms with Crippen LogP contribution in [0, 0.1) is 0 Å². The minimum atomic E-state index is 0.0909. The van der Waals surface area contributed by atoms with E-state index in [0.717, 1.165) is 41.9 Å². The number of nitrogens with zero attached hydrogens (tertiary/aromatic N) is 4. The van der Waals surface area contributed by atoms with Crippen LogP contribution in [0.3, 0.4) is 0 Å². The highest BCUT2D eigenvalue weighted by atomic mass is 32.2. The van der Waals surface area contributed by atoms with Crippen LogP contribution in [-0.2, 0) is 11.3 Å². The summed E-state index contributed by atoms with van der Waals surface area (Å²) in [5, 5.41) is 9.46. The van der Waals surface area contributed by atoms with Crippen molar-refractivity contribution in [3.8, 4) is 11.1 Å². The van der Waals surface area contributed by atoms with E-state index >= 15 is 0 Å². The number of rotatable bonds is 7. The number of carbonyl (C=O) groups excluding carboxylic acids is 1. The molecular formula is C22H24N4O2S. The van der Waals surface area contributed by atoms with Crippen LogP contribution in [0.1, 0.15) is 17.3 Å². The van der Waals surface area contributed by atoms with Crippen LogP contribution in [-0.4, -0.2) is 52.6 Å². The Hall–Kier alpha value is -2.64. The van der Waals surface area contributed by atoms with E-state index in [1.54, 1.807) is 0 Å². The zero-order chi connectivity index (χ0) is 20.1. The predicted molar refractivity (Wildman–Crippen MR) is 116 cm³/mol. The molecule has 150 valence electrons. The van der Waals surface area contributed by atoms with Gasteiger partial charge in [-0.3, -0.25) is 9.36 Å². The quantitative estimate of drug-likeness (QED) is 0.438. The van der Waals surface area contributed by atoms with Gasteiger partial charge in [0.1, 0.15) is 0 Å². The first-order chi connectivity index (χ1) is 14.3. The van der Waals surface area contributed by atoms with Crippen molar-refractivity contribution < 1.29 is 9.53 Å². The fourth-order valence-electron chi connectivity index (χ4n) is 3.35. The van der Waals surface area contributed by atoms with Gasteiger partial charge in [0.15, 0.2) is 10.9 Å². The number of hydrogen-bond donors (Lipinski definition) is 0. The maximum atomic E-state index is 12.7. The van der Waals surface area contributed by atoms with Gasteiger partial charge in [0.25, 0.3) is 0 Å². The molecule has 1 aliphatic rings. The maximum Gasteiger partial charge on any atom is 0.228 e. The van der Waals surface area contributed by atoms with E-state index in [-0.39, 0.29) is 5.78 Å². The molecule has 1 aliphatic heterocycles. The molecule has 1 saturated heterocycles.